The third-order valence-electron chi connectivity index (χ3n) is 2.41. The molecule has 1 aromatic carbocycles. The van der Waals surface area contributed by atoms with E-state index in [9.17, 15) is 0 Å². The Balaban J connectivity index is 1.69. The normalized spacial score (nSPS) is 17.5. The molecule has 0 amide bonds. The van der Waals surface area contributed by atoms with Crippen molar-refractivity contribution in [3.05, 3.63) is 29.3 Å². The van der Waals surface area contributed by atoms with Crippen molar-refractivity contribution in [2.24, 2.45) is 0 Å². The fourth-order valence-corrected chi connectivity index (χ4v) is 1.75. The van der Waals surface area contributed by atoms with Crippen molar-refractivity contribution in [1.29, 1.82) is 0 Å². The van der Waals surface area contributed by atoms with Crippen LogP contribution in [0.5, 0.6) is 5.75 Å². The molecule has 1 saturated heterocycles. The summed E-state index contributed by atoms with van der Waals surface area (Å²) < 4.78 is 5.52. The van der Waals surface area contributed by atoms with Crippen LogP contribution < -0.4 is 4.74 Å². The van der Waals surface area contributed by atoms with Gasteiger partial charge < -0.3 is 9.84 Å². The lowest BCUT2D eigenvalue weighted by molar-refractivity contribution is -0.00387. The summed E-state index contributed by atoms with van der Waals surface area (Å²) in [5.74, 6) is 0.795. The van der Waals surface area contributed by atoms with Gasteiger partial charge in [-0.3, -0.25) is 4.90 Å². The van der Waals surface area contributed by atoms with Gasteiger partial charge in [-0.15, -0.1) is 0 Å². The molecule has 0 saturated carbocycles. The molecule has 0 bridgehead atoms. The maximum atomic E-state index is 9.07. The molecule has 0 aromatic heterocycles. The van der Waals surface area contributed by atoms with Gasteiger partial charge in [0.2, 0.25) is 0 Å². The number of hydrogen-bond donors (Lipinski definition) is 1. The Bertz CT molecular complexity index is 326. The molecular weight excluding hydrogens is 214 g/mol. The zero-order valence-corrected chi connectivity index (χ0v) is 9.15. The molecule has 0 atom stereocenters. The number of ether oxygens (including phenoxy) is 1. The highest BCUT2D eigenvalue weighted by Crippen LogP contribution is 2.17. The summed E-state index contributed by atoms with van der Waals surface area (Å²) in [6.45, 7) is 3.01. The van der Waals surface area contributed by atoms with E-state index in [-0.39, 0.29) is 6.10 Å². The lowest BCUT2D eigenvalue weighted by atomic mass is 10.2. The molecule has 0 unspecified atom stereocenters. The maximum Gasteiger partial charge on any atom is 0.120 e. The van der Waals surface area contributed by atoms with E-state index in [0.717, 1.165) is 25.4 Å². The van der Waals surface area contributed by atoms with E-state index >= 15 is 0 Å². The molecule has 1 N–H and O–H groups in total. The van der Waals surface area contributed by atoms with Gasteiger partial charge in [-0.2, -0.15) is 0 Å². The molecule has 1 fully saturated rings. The van der Waals surface area contributed by atoms with E-state index < -0.39 is 0 Å². The summed E-state index contributed by atoms with van der Waals surface area (Å²) in [6, 6.07) is 7.37. The molecule has 82 valence electrons. The van der Waals surface area contributed by atoms with Gasteiger partial charge in [0, 0.05) is 24.7 Å². The van der Waals surface area contributed by atoms with Crippen LogP contribution in [0.15, 0.2) is 24.3 Å². The highest BCUT2D eigenvalue weighted by Gasteiger charge is 2.23. The number of benzene rings is 1. The second-order valence-corrected chi connectivity index (χ2v) is 4.16. The summed E-state index contributed by atoms with van der Waals surface area (Å²) in [7, 11) is 0. The highest BCUT2D eigenvalue weighted by atomic mass is 35.5. The van der Waals surface area contributed by atoms with Crippen LogP contribution in [0.3, 0.4) is 0 Å². The number of nitrogens with zero attached hydrogens (tertiary/aromatic N) is 1. The van der Waals surface area contributed by atoms with Gasteiger partial charge in [-0.25, -0.2) is 0 Å². The molecule has 1 aliphatic heterocycles. The standard InChI is InChI=1S/C11H14ClNO2/c12-9-2-1-3-11(6-9)15-5-4-13-7-10(14)8-13/h1-3,6,10,14H,4-5,7-8H2. The average molecular weight is 228 g/mol. The van der Waals surface area contributed by atoms with Crippen molar-refractivity contribution < 1.29 is 9.84 Å². The minimum Gasteiger partial charge on any atom is -0.492 e. The minimum absolute atomic E-state index is 0.142. The van der Waals surface area contributed by atoms with Crippen LogP contribution in [0.25, 0.3) is 0 Å². The van der Waals surface area contributed by atoms with Gasteiger partial charge in [0.05, 0.1) is 6.10 Å². The van der Waals surface area contributed by atoms with Gasteiger partial charge >= 0.3 is 0 Å². The number of aliphatic hydroxyl groups is 1. The first-order valence-corrected chi connectivity index (χ1v) is 5.40. The maximum absolute atomic E-state index is 9.07. The van der Waals surface area contributed by atoms with Crippen molar-refractivity contribution in [3.63, 3.8) is 0 Å². The third-order valence-corrected chi connectivity index (χ3v) is 2.65. The molecular formula is C11H14ClNO2. The van der Waals surface area contributed by atoms with Crippen molar-refractivity contribution >= 4 is 11.6 Å². The number of β-amino-alcohol motifs (C(OH)–C–C–N with tert-alkyl or cyclic N) is 1. The lowest BCUT2D eigenvalue weighted by Gasteiger charge is -2.35. The summed E-state index contributed by atoms with van der Waals surface area (Å²) in [5.41, 5.74) is 0. The number of halogens is 1. The Morgan fingerprint density at radius 1 is 1.47 bits per heavy atom. The number of hydrogen-bond acceptors (Lipinski definition) is 3. The zero-order valence-electron chi connectivity index (χ0n) is 8.40. The number of aliphatic hydroxyl groups excluding tert-OH is 1. The van der Waals surface area contributed by atoms with Crippen molar-refractivity contribution in [2.75, 3.05) is 26.2 Å². The highest BCUT2D eigenvalue weighted by molar-refractivity contribution is 6.30. The van der Waals surface area contributed by atoms with E-state index in [0.29, 0.717) is 11.6 Å². The molecule has 0 spiro atoms. The van der Waals surface area contributed by atoms with E-state index in [1.807, 2.05) is 18.2 Å². The SMILES string of the molecule is OC1CN(CCOc2cccc(Cl)c2)C1. The fraction of sp³-hybridized carbons (Fsp3) is 0.455. The first-order valence-electron chi connectivity index (χ1n) is 5.03. The quantitative estimate of drug-likeness (QED) is 0.844. The van der Waals surface area contributed by atoms with E-state index in [1.54, 1.807) is 6.07 Å². The molecule has 2 rings (SSSR count). The second-order valence-electron chi connectivity index (χ2n) is 3.72. The van der Waals surface area contributed by atoms with Crippen molar-refractivity contribution in [1.82, 2.24) is 4.90 Å². The summed E-state index contributed by atoms with van der Waals surface area (Å²) in [4.78, 5) is 2.15. The van der Waals surface area contributed by atoms with Crippen LogP contribution in [0.2, 0.25) is 5.02 Å². The van der Waals surface area contributed by atoms with Crippen LogP contribution in [0, 0.1) is 0 Å². The van der Waals surface area contributed by atoms with Crippen LogP contribution >= 0.6 is 11.6 Å². The molecule has 1 aliphatic rings. The Kier molecular flexibility index (Phi) is 3.46. The lowest BCUT2D eigenvalue weighted by Crippen LogP contribution is -2.51. The smallest absolute Gasteiger partial charge is 0.120 e. The van der Waals surface area contributed by atoms with E-state index in [2.05, 4.69) is 4.90 Å². The largest absolute Gasteiger partial charge is 0.492 e. The van der Waals surface area contributed by atoms with Crippen molar-refractivity contribution in [3.8, 4) is 5.75 Å². The average Bonchev–Trinajstić information content (AvgIpc) is 2.15. The second kappa shape index (κ2) is 4.84. The minimum atomic E-state index is -0.142. The molecule has 4 heteroatoms. The Morgan fingerprint density at radius 2 is 2.27 bits per heavy atom. The summed E-state index contributed by atoms with van der Waals surface area (Å²) in [6.07, 6.45) is -0.142. The number of likely N-dealkylation sites (tertiary alicyclic amines) is 1. The van der Waals surface area contributed by atoms with Crippen LogP contribution in [0.4, 0.5) is 0 Å². The van der Waals surface area contributed by atoms with Gasteiger partial charge in [0.1, 0.15) is 12.4 Å². The van der Waals surface area contributed by atoms with Crippen LogP contribution in [-0.4, -0.2) is 42.4 Å². The van der Waals surface area contributed by atoms with Crippen LogP contribution in [0.1, 0.15) is 0 Å². The van der Waals surface area contributed by atoms with Gasteiger partial charge in [-0.05, 0) is 18.2 Å². The van der Waals surface area contributed by atoms with Gasteiger partial charge in [0.25, 0.3) is 0 Å². The molecule has 3 nitrogen and oxygen atoms in total. The summed E-state index contributed by atoms with van der Waals surface area (Å²) >= 11 is 5.82. The Labute approximate surface area is 94.2 Å². The predicted octanol–water partition coefficient (Wildman–Crippen LogP) is 1.40. The van der Waals surface area contributed by atoms with Crippen LogP contribution in [-0.2, 0) is 0 Å². The van der Waals surface area contributed by atoms with Gasteiger partial charge in [-0.1, -0.05) is 17.7 Å². The molecule has 15 heavy (non-hydrogen) atoms. The number of rotatable bonds is 4. The fourth-order valence-electron chi connectivity index (χ4n) is 1.57. The zero-order chi connectivity index (χ0) is 10.7. The molecule has 1 aromatic rings. The van der Waals surface area contributed by atoms with Gasteiger partial charge in [0.15, 0.2) is 0 Å². The third kappa shape index (κ3) is 3.09. The molecule has 1 heterocycles. The Hall–Kier alpha value is -0.770. The predicted molar refractivity (Wildman–Crippen MR) is 59.4 cm³/mol. The topological polar surface area (TPSA) is 32.7 Å². The molecule has 0 radical (unpaired) electrons. The monoisotopic (exact) mass is 227 g/mol. The first kappa shape index (κ1) is 10.7. The van der Waals surface area contributed by atoms with Crippen molar-refractivity contribution in [2.45, 2.75) is 6.10 Å². The van der Waals surface area contributed by atoms with E-state index in [4.69, 9.17) is 21.4 Å². The van der Waals surface area contributed by atoms with E-state index in [1.165, 1.54) is 0 Å². The summed E-state index contributed by atoms with van der Waals surface area (Å²) in [5, 5.41) is 9.76. The molecule has 0 aliphatic carbocycles. The first-order chi connectivity index (χ1) is 7.24. The Morgan fingerprint density at radius 3 is 2.93 bits per heavy atom.